The Bertz CT molecular complexity index is 1030. The van der Waals surface area contributed by atoms with E-state index in [2.05, 4.69) is 15.0 Å². The average molecular weight is 379 g/mol. The molecule has 0 bridgehead atoms. The van der Waals surface area contributed by atoms with Gasteiger partial charge in [-0.1, -0.05) is 36.0 Å². The molecule has 0 fully saturated rings. The molecule has 0 unspecified atom stereocenters. The van der Waals surface area contributed by atoms with Crippen molar-refractivity contribution in [1.29, 1.82) is 0 Å². The molecule has 4 rings (SSSR count). The third-order valence-electron chi connectivity index (χ3n) is 4.28. The molecular weight excluding hydrogens is 361 g/mol. The van der Waals surface area contributed by atoms with Crippen LogP contribution in [-0.2, 0) is 12.4 Å². The van der Waals surface area contributed by atoms with Gasteiger partial charge in [0.25, 0.3) is 0 Å². The maximum Gasteiger partial charge on any atom is 0.166 e. The lowest BCUT2D eigenvalue weighted by Gasteiger charge is -2.11. The highest BCUT2D eigenvalue weighted by molar-refractivity contribution is 7.98. The highest BCUT2D eigenvalue weighted by Crippen LogP contribution is 2.27. The minimum atomic E-state index is -0.247. The molecular formula is C21H18FN3OS. The molecule has 1 N–H and O–H groups in total. The van der Waals surface area contributed by atoms with E-state index in [1.54, 1.807) is 30.1 Å². The number of aromatic nitrogens is 3. The molecule has 0 spiro atoms. The molecule has 2 aromatic heterocycles. The van der Waals surface area contributed by atoms with Gasteiger partial charge in [0, 0.05) is 17.5 Å². The van der Waals surface area contributed by atoms with Crippen LogP contribution in [0.15, 0.2) is 66.0 Å². The van der Waals surface area contributed by atoms with Gasteiger partial charge in [0.05, 0.1) is 16.7 Å². The van der Waals surface area contributed by atoms with Gasteiger partial charge < -0.3 is 9.72 Å². The fourth-order valence-corrected chi connectivity index (χ4v) is 3.65. The zero-order chi connectivity index (χ0) is 18.6. The third-order valence-corrected chi connectivity index (χ3v) is 5.16. The number of H-pyrrole nitrogens is 1. The van der Waals surface area contributed by atoms with E-state index in [0.717, 1.165) is 38.8 Å². The highest BCUT2D eigenvalue weighted by atomic mass is 32.2. The van der Waals surface area contributed by atoms with Gasteiger partial charge in [-0.3, -0.25) is 4.98 Å². The third kappa shape index (κ3) is 4.11. The summed E-state index contributed by atoms with van der Waals surface area (Å²) in [5, 5.41) is 0.870. The zero-order valence-corrected chi connectivity index (χ0v) is 15.6. The molecule has 6 heteroatoms. The number of nitrogens with zero attached hydrogens (tertiary/aromatic N) is 2. The van der Waals surface area contributed by atoms with E-state index in [1.807, 2.05) is 37.3 Å². The molecule has 0 aliphatic carbocycles. The fourth-order valence-electron chi connectivity index (χ4n) is 2.74. The van der Waals surface area contributed by atoms with E-state index >= 15 is 0 Å². The molecule has 0 atom stereocenters. The van der Waals surface area contributed by atoms with Crippen molar-refractivity contribution < 1.29 is 9.13 Å². The van der Waals surface area contributed by atoms with E-state index in [0.29, 0.717) is 12.4 Å². The topological polar surface area (TPSA) is 50.8 Å². The Labute approximate surface area is 160 Å². The van der Waals surface area contributed by atoms with Crippen LogP contribution in [0.4, 0.5) is 4.39 Å². The Morgan fingerprint density at radius 2 is 1.89 bits per heavy atom. The Balaban J connectivity index is 1.43. The number of benzene rings is 2. The quantitative estimate of drug-likeness (QED) is 0.463. The fraction of sp³-hybridized carbons (Fsp3) is 0.143. The summed E-state index contributed by atoms with van der Waals surface area (Å²) in [5.41, 5.74) is 4.87. The lowest BCUT2D eigenvalue weighted by atomic mass is 10.2. The van der Waals surface area contributed by atoms with E-state index in [-0.39, 0.29) is 5.82 Å². The van der Waals surface area contributed by atoms with Gasteiger partial charge in [0.2, 0.25) is 0 Å². The number of para-hydroxylation sites is 2. The van der Waals surface area contributed by atoms with Crippen molar-refractivity contribution in [2.45, 2.75) is 24.4 Å². The first kappa shape index (κ1) is 17.5. The van der Waals surface area contributed by atoms with Crippen LogP contribution in [-0.4, -0.2) is 15.0 Å². The molecule has 2 heterocycles. The number of aromatic amines is 1. The largest absolute Gasteiger partial charge is 0.489 e. The molecule has 2 aromatic carbocycles. The van der Waals surface area contributed by atoms with Crippen LogP contribution in [0.25, 0.3) is 11.0 Å². The van der Waals surface area contributed by atoms with Gasteiger partial charge in [-0.05, 0) is 42.8 Å². The van der Waals surface area contributed by atoms with E-state index in [1.165, 1.54) is 12.1 Å². The van der Waals surface area contributed by atoms with Gasteiger partial charge >= 0.3 is 0 Å². The van der Waals surface area contributed by atoms with Crippen LogP contribution in [0, 0.1) is 12.7 Å². The van der Waals surface area contributed by atoms with Crippen molar-refractivity contribution in [3.8, 4) is 5.75 Å². The molecule has 0 aliphatic rings. The van der Waals surface area contributed by atoms with Crippen molar-refractivity contribution in [2.75, 3.05) is 0 Å². The van der Waals surface area contributed by atoms with Crippen LogP contribution in [0.2, 0.25) is 0 Å². The van der Waals surface area contributed by atoms with Crippen molar-refractivity contribution in [3.05, 3.63) is 83.4 Å². The highest BCUT2D eigenvalue weighted by Gasteiger charge is 2.09. The van der Waals surface area contributed by atoms with Crippen LogP contribution in [0.5, 0.6) is 5.75 Å². The molecule has 0 radical (unpaired) electrons. The number of imidazole rings is 1. The number of pyridine rings is 1. The molecule has 4 aromatic rings. The van der Waals surface area contributed by atoms with Crippen molar-refractivity contribution in [3.63, 3.8) is 0 Å². The number of rotatable bonds is 6. The number of thioether (sulfide) groups is 1. The van der Waals surface area contributed by atoms with Crippen molar-refractivity contribution in [1.82, 2.24) is 15.0 Å². The van der Waals surface area contributed by atoms with E-state index in [9.17, 15) is 4.39 Å². The second-order valence-corrected chi connectivity index (χ2v) is 7.11. The van der Waals surface area contributed by atoms with Gasteiger partial charge in [-0.2, -0.15) is 0 Å². The number of hydrogen-bond donors (Lipinski definition) is 1. The summed E-state index contributed by atoms with van der Waals surface area (Å²) in [7, 11) is 0. The van der Waals surface area contributed by atoms with Crippen LogP contribution >= 0.6 is 11.8 Å². The van der Waals surface area contributed by atoms with Crippen LogP contribution in [0.3, 0.4) is 0 Å². The molecule has 4 nitrogen and oxygen atoms in total. The molecule has 0 saturated heterocycles. The minimum absolute atomic E-state index is 0.247. The maximum absolute atomic E-state index is 13.0. The first-order valence-corrected chi connectivity index (χ1v) is 9.57. The van der Waals surface area contributed by atoms with Gasteiger partial charge in [0.15, 0.2) is 5.16 Å². The summed E-state index contributed by atoms with van der Waals surface area (Å²) < 4.78 is 18.9. The Morgan fingerprint density at radius 1 is 1.07 bits per heavy atom. The predicted molar refractivity (Wildman–Crippen MR) is 105 cm³/mol. The van der Waals surface area contributed by atoms with Gasteiger partial charge in [-0.25, -0.2) is 9.37 Å². The van der Waals surface area contributed by atoms with Crippen molar-refractivity contribution in [2.24, 2.45) is 0 Å². The summed E-state index contributed by atoms with van der Waals surface area (Å²) >= 11 is 1.61. The van der Waals surface area contributed by atoms with E-state index in [4.69, 9.17) is 4.74 Å². The van der Waals surface area contributed by atoms with Crippen LogP contribution in [0.1, 0.15) is 16.8 Å². The number of hydrogen-bond acceptors (Lipinski definition) is 4. The summed E-state index contributed by atoms with van der Waals surface area (Å²) in [6.45, 7) is 2.39. The van der Waals surface area contributed by atoms with Crippen LogP contribution < -0.4 is 4.74 Å². The first-order chi connectivity index (χ1) is 13.2. The average Bonchev–Trinajstić information content (AvgIpc) is 3.10. The standard InChI is InChI=1S/C21H18FN3OS/c1-14-19(13-27-21-24-17-4-2-3-5-18(17)25-21)23-11-10-20(14)26-12-15-6-8-16(22)9-7-15/h2-11H,12-13H2,1H3,(H,24,25). The van der Waals surface area contributed by atoms with E-state index < -0.39 is 0 Å². The summed E-state index contributed by atoms with van der Waals surface area (Å²) in [4.78, 5) is 12.4. The first-order valence-electron chi connectivity index (χ1n) is 8.58. The zero-order valence-electron chi connectivity index (χ0n) is 14.8. The normalized spacial score (nSPS) is 11.0. The number of halogens is 1. The lowest BCUT2D eigenvalue weighted by Crippen LogP contribution is -2.00. The number of ether oxygens (including phenoxy) is 1. The second kappa shape index (κ2) is 7.80. The summed E-state index contributed by atoms with van der Waals surface area (Å²) in [6.07, 6.45) is 1.75. The number of fused-ring (bicyclic) bond motifs is 1. The monoisotopic (exact) mass is 379 g/mol. The Kier molecular flexibility index (Phi) is 5.07. The predicted octanol–water partition coefficient (Wildman–Crippen LogP) is 5.28. The molecule has 27 heavy (non-hydrogen) atoms. The summed E-state index contributed by atoms with van der Waals surface area (Å²) in [6, 6.07) is 16.2. The molecule has 0 saturated carbocycles. The maximum atomic E-state index is 13.0. The van der Waals surface area contributed by atoms with Gasteiger partial charge in [-0.15, -0.1) is 0 Å². The minimum Gasteiger partial charge on any atom is -0.489 e. The summed E-state index contributed by atoms with van der Waals surface area (Å²) in [5.74, 6) is 1.23. The smallest absolute Gasteiger partial charge is 0.166 e. The number of nitrogens with one attached hydrogen (secondary N) is 1. The molecule has 0 amide bonds. The lowest BCUT2D eigenvalue weighted by molar-refractivity contribution is 0.303. The Morgan fingerprint density at radius 3 is 2.70 bits per heavy atom. The SMILES string of the molecule is Cc1c(OCc2ccc(F)cc2)ccnc1CSc1nc2ccccc2[nH]1. The van der Waals surface area contributed by atoms with Crippen molar-refractivity contribution >= 4 is 22.8 Å². The second-order valence-electron chi connectivity index (χ2n) is 6.14. The Hall–Kier alpha value is -2.86. The molecule has 0 aliphatic heterocycles. The van der Waals surface area contributed by atoms with Gasteiger partial charge in [0.1, 0.15) is 18.2 Å². The molecule has 136 valence electrons.